The SMILES string of the molecule is CC1(C)OB(c2cccc(NC(=O)N3CCOCC3)c2)OC1(C)C. The molecule has 6 nitrogen and oxygen atoms in total. The van der Waals surface area contributed by atoms with Crippen molar-refractivity contribution in [3.8, 4) is 0 Å². The van der Waals surface area contributed by atoms with Crippen molar-refractivity contribution in [1.82, 2.24) is 4.90 Å². The van der Waals surface area contributed by atoms with Crippen LogP contribution in [0, 0.1) is 0 Å². The highest BCUT2D eigenvalue weighted by molar-refractivity contribution is 6.62. The summed E-state index contributed by atoms with van der Waals surface area (Å²) in [5, 5.41) is 2.94. The molecule has 24 heavy (non-hydrogen) atoms. The van der Waals surface area contributed by atoms with Crippen LogP contribution in [0.5, 0.6) is 0 Å². The molecule has 0 unspecified atom stereocenters. The molecule has 7 heteroatoms. The first kappa shape index (κ1) is 17.3. The van der Waals surface area contributed by atoms with Crippen LogP contribution in [0.4, 0.5) is 10.5 Å². The summed E-state index contributed by atoms with van der Waals surface area (Å²) in [6.45, 7) is 10.5. The molecular weight excluding hydrogens is 307 g/mol. The van der Waals surface area contributed by atoms with Crippen LogP contribution >= 0.6 is 0 Å². The molecule has 3 rings (SSSR count). The van der Waals surface area contributed by atoms with E-state index in [2.05, 4.69) is 5.32 Å². The Hall–Kier alpha value is -1.57. The van der Waals surface area contributed by atoms with E-state index < -0.39 is 7.12 Å². The van der Waals surface area contributed by atoms with Crippen LogP contribution in [0.2, 0.25) is 0 Å². The summed E-state index contributed by atoms with van der Waals surface area (Å²) < 4.78 is 17.4. The van der Waals surface area contributed by atoms with E-state index in [0.29, 0.717) is 26.3 Å². The number of benzene rings is 1. The molecule has 2 aliphatic heterocycles. The molecule has 1 aromatic rings. The molecule has 0 aliphatic carbocycles. The maximum atomic E-state index is 12.3. The number of morpholine rings is 1. The van der Waals surface area contributed by atoms with E-state index in [0.717, 1.165) is 11.2 Å². The number of urea groups is 1. The van der Waals surface area contributed by atoms with Crippen LogP contribution in [0.3, 0.4) is 0 Å². The fraction of sp³-hybridized carbons (Fsp3) is 0.588. The van der Waals surface area contributed by atoms with E-state index in [9.17, 15) is 4.79 Å². The van der Waals surface area contributed by atoms with Crippen molar-refractivity contribution in [3.63, 3.8) is 0 Å². The highest BCUT2D eigenvalue weighted by atomic mass is 16.7. The molecule has 2 amide bonds. The smallest absolute Gasteiger partial charge is 0.399 e. The van der Waals surface area contributed by atoms with Gasteiger partial charge in [0.15, 0.2) is 0 Å². The van der Waals surface area contributed by atoms with E-state index in [1.165, 1.54) is 0 Å². The fourth-order valence-electron chi connectivity index (χ4n) is 2.71. The van der Waals surface area contributed by atoms with Gasteiger partial charge in [0.1, 0.15) is 0 Å². The Balaban J connectivity index is 1.70. The first-order valence-electron chi connectivity index (χ1n) is 8.38. The first-order chi connectivity index (χ1) is 11.3. The van der Waals surface area contributed by atoms with Gasteiger partial charge in [0.2, 0.25) is 0 Å². The molecule has 1 aromatic carbocycles. The minimum absolute atomic E-state index is 0.107. The van der Waals surface area contributed by atoms with Gasteiger partial charge in [-0.05, 0) is 45.3 Å². The monoisotopic (exact) mass is 332 g/mol. The molecule has 0 aromatic heterocycles. The molecule has 2 saturated heterocycles. The molecule has 0 saturated carbocycles. The van der Waals surface area contributed by atoms with Crippen LogP contribution in [0.15, 0.2) is 24.3 Å². The number of carbonyl (C=O) groups is 1. The van der Waals surface area contributed by atoms with E-state index in [4.69, 9.17) is 14.0 Å². The van der Waals surface area contributed by atoms with Crippen molar-refractivity contribution in [2.45, 2.75) is 38.9 Å². The van der Waals surface area contributed by atoms with E-state index in [1.54, 1.807) is 4.90 Å². The topological polar surface area (TPSA) is 60.0 Å². The Labute approximate surface area is 143 Å². The van der Waals surface area contributed by atoms with Gasteiger partial charge in [0.05, 0.1) is 24.4 Å². The van der Waals surface area contributed by atoms with Crippen molar-refractivity contribution < 1.29 is 18.8 Å². The summed E-state index contributed by atoms with van der Waals surface area (Å²) >= 11 is 0. The predicted molar refractivity (Wildman–Crippen MR) is 93.6 cm³/mol. The zero-order valence-electron chi connectivity index (χ0n) is 14.8. The standard InChI is InChI=1S/C17H25BN2O4/c1-16(2)17(3,4)24-18(23-16)13-6-5-7-14(12-13)19-15(21)20-8-10-22-11-9-20/h5-7,12H,8-11H2,1-4H3,(H,19,21). The van der Waals surface area contributed by atoms with Crippen LogP contribution in [-0.2, 0) is 14.0 Å². The lowest BCUT2D eigenvalue weighted by molar-refractivity contribution is 0.00578. The summed E-state index contributed by atoms with van der Waals surface area (Å²) in [7, 11) is -0.435. The van der Waals surface area contributed by atoms with Gasteiger partial charge < -0.3 is 24.3 Å². The zero-order chi connectivity index (χ0) is 17.4. The third-order valence-corrected chi connectivity index (χ3v) is 4.96. The predicted octanol–water partition coefficient (Wildman–Crippen LogP) is 1.85. The summed E-state index contributed by atoms with van der Waals surface area (Å²) in [6.07, 6.45) is 0. The minimum atomic E-state index is -0.435. The van der Waals surface area contributed by atoms with Crippen molar-refractivity contribution >= 4 is 24.3 Å². The van der Waals surface area contributed by atoms with Crippen LogP contribution in [0.1, 0.15) is 27.7 Å². The van der Waals surface area contributed by atoms with E-state index >= 15 is 0 Å². The van der Waals surface area contributed by atoms with Gasteiger partial charge in [-0.3, -0.25) is 0 Å². The number of hydrogen-bond donors (Lipinski definition) is 1. The van der Waals surface area contributed by atoms with Crippen molar-refractivity contribution in [2.24, 2.45) is 0 Å². The van der Waals surface area contributed by atoms with E-state index in [1.807, 2.05) is 52.0 Å². The molecule has 0 radical (unpaired) electrons. The molecule has 0 spiro atoms. The molecule has 2 heterocycles. The third-order valence-electron chi connectivity index (χ3n) is 4.96. The Kier molecular flexibility index (Phi) is 4.59. The van der Waals surface area contributed by atoms with Gasteiger partial charge in [0, 0.05) is 18.8 Å². The summed E-state index contributed by atoms with van der Waals surface area (Å²) in [5.74, 6) is 0. The molecular formula is C17H25BN2O4. The Morgan fingerprint density at radius 3 is 2.38 bits per heavy atom. The lowest BCUT2D eigenvalue weighted by Crippen LogP contribution is -2.43. The third kappa shape index (κ3) is 3.43. The average molecular weight is 332 g/mol. The lowest BCUT2D eigenvalue weighted by Gasteiger charge is -2.32. The van der Waals surface area contributed by atoms with Gasteiger partial charge >= 0.3 is 13.1 Å². The number of ether oxygens (including phenoxy) is 1. The highest BCUT2D eigenvalue weighted by Crippen LogP contribution is 2.36. The summed E-state index contributed by atoms with van der Waals surface area (Å²) in [5.41, 5.74) is 0.863. The quantitative estimate of drug-likeness (QED) is 0.840. The second-order valence-corrected chi connectivity index (χ2v) is 7.24. The Bertz CT molecular complexity index is 598. The van der Waals surface area contributed by atoms with Crippen molar-refractivity contribution in [2.75, 3.05) is 31.6 Å². The fourth-order valence-corrected chi connectivity index (χ4v) is 2.71. The van der Waals surface area contributed by atoms with Gasteiger partial charge in [0.25, 0.3) is 0 Å². The minimum Gasteiger partial charge on any atom is -0.399 e. The van der Waals surface area contributed by atoms with Gasteiger partial charge in [-0.1, -0.05) is 12.1 Å². The maximum Gasteiger partial charge on any atom is 0.494 e. The second kappa shape index (κ2) is 6.39. The first-order valence-corrected chi connectivity index (χ1v) is 8.38. The van der Waals surface area contributed by atoms with Crippen LogP contribution in [-0.4, -0.2) is 55.6 Å². The number of amides is 2. The van der Waals surface area contributed by atoms with Gasteiger partial charge in [-0.25, -0.2) is 4.79 Å². The largest absolute Gasteiger partial charge is 0.494 e. The average Bonchev–Trinajstić information content (AvgIpc) is 2.76. The summed E-state index contributed by atoms with van der Waals surface area (Å²) in [6, 6.07) is 7.51. The van der Waals surface area contributed by atoms with Crippen molar-refractivity contribution in [3.05, 3.63) is 24.3 Å². The second-order valence-electron chi connectivity index (χ2n) is 7.24. The number of hydrogen-bond acceptors (Lipinski definition) is 4. The molecule has 0 atom stereocenters. The van der Waals surface area contributed by atoms with E-state index in [-0.39, 0.29) is 17.2 Å². The van der Waals surface area contributed by atoms with Gasteiger partial charge in [-0.2, -0.15) is 0 Å². The number of nitrogens with one attached hydrogen (secondary N) is 1. The molecule has 0 bridgehead atoms. The molecule has 130 valence electrons. The van der Waals surface area contributed by atoms with Gasteiger partial charge in [-0.15, -0.1) is 0 Å². The number of nitrogens with zero attached hydrogens (tertiary/aromatic N) is 1. The zero-order valence-corrected chi connectivity index (χ0v) is 14.8. The number of anilines is 1. The maximum absolute atomic E-state index is 12.3. The Morgan fingerprint density at radius 2 is 1.75 bits per heavy atom. The Morgan fingerprint density at radius 1 is 1.12 bits per heavy atom. The molecule has 2 aliphatic rings. The number of carbonyl (C=O) groups excluding carboxylic acids is 1. The van der Waals surface area contributed by atoms with Crippen LogP contribution in [0.25, 0.3) is 0 Å². The highest BCUT2D eigenvalue weighted by Gasteiger charge is 2.51. The van der Waals surface area contributed by atoms with Crippen molar-refractivity contribution in [1.29, 1.82) is 0 Å². The summed E-state index contributed by atoms with van der Waals surface area (Å²) in [4.78, 5) is 14.1. The number of rotatable bonds is 2. The lowest BCUT2D eigenvalue weighted by atomic mass is 9.79. The normalized spacial score (nSPS) is 22.5. The molecule has 2 fully saturated rings. The van der Waals surface area contributed by atoms with Crippen LogP contribution < -0.4 is 10.8 Å². The molecule has 1 N–H and O–H groups in total.